The van der Waals surface area contributed by atoms with Crippen LogP contribution in [-0.4, -0.2) is 35.6 Å². The predicted molar refractivity (Wildman–Crippen MR) is 69.3 cm³/mol. The molecule has 0 bridgehead atoms. The molecule has 5 nitrogen and oxygen atoms in total. The van der Waals surface area contributed by atoms with Gasteiger partial charge >= 0.3 is 0 Å². The molecule has 1 aliphatic rings. The van der Waals surface area contributed by atoms with Gasteiger partial charge < -0.3 is 10.2 Å². The van der Waals surface area contributed by atoms with Crippen molar-refractivity contribution in [2.45, 2.75) is 6.42 Å². The van der Waals surface area contributed by atoms with Crippen molar-refractivity contribution in [1.29, 1.82) is 0 Å². The first-order valence-corrected chi connectivity index (χ1v) is 6.00. The molecule has 0 fully saturated rings. The summed E-state index contributed by atoms with van der Waals surface area (Å²) < 4.78 is 0. The van der Waals surface area contributed by atoms with E-state index < -0.39 is 0 Å². The van der Waals surface area contributed by atoms with Crippen LogP contribution >= 0.6 is 0 Å². The Hall–Kier alpha value is -2.43. The maximum absolute atomic E-state index is 11.7. The van der Waals surface area contributed by atoms with E-state index in [-0.39, 0.29) is 24.0 Å². The van der Waals surface area contributed by atoms with Gasteiger partial charge in [-0.2, -0.15) is 0 Å². The van der Waals surface area contributed by atoms with Crippen molar-refractivity contribution >= 4 is 17.6 Å². The third-order valence-electron chi connectivity index (χ3n) is 2.76. The fourth-order valence-corrected chi connectivity index (χ4v) is 1.75. The van der Waals surface area contributed by atoms with E-state index in [9.17, 15) is 14.4 Å². The van der Waals surface area contributed by atoms with E-state index in [0.717, 1.165) is 0 Å². The summed E-state index contributed by atoms with van der Waals surface area (Å²) in [5, 5.41) is 2.73. The molecule has 0 spiro atoms. The third-order valence-corrected chi connectivity index (χ3v) is 2.76. The number of ketones is 1. The number of allylic oxidation sites excluding steroid dienone is 1. The van der Waals surface area contributed by atoms with Gasteiger partial charge in [0.05, 0.1) is 6.42 Å². The molecule has 2 amide bonds. The molecule has 0 aromatic heterocycles. The van der Waals surface area contributed by atoms with Crippen LogP contribution in [0.15, 0.2) is 42.6 Å². The lowest BCUT2D eigenvalue weighted by molar-refractivity contribution is -0.133. The molecule has 0 aliphatic carbocycles. The van der Waals surface area contributed by atoms with Crippen molar-refractivity contribution in [2.75, 3.05) is 13.1 Å². The monoisotopic (exact) mass is 258 g/mol. The van der Waals surface area contributed by atoms with Gasteiger partial charge in [-0.15, -0.1) is 0 Å². The van der Waals surface area contributed by atoms with Gasteiger partial charge in [0.1, 0.15) is 0 Å². The number of nitrogens with one attached hydrogen (secondary N) is 1. The highest BCUT2D eigenvalue weighted by Gasteiger charge is 2.18. The summed E-state index contributed by atoms with van der Waals surface area (Å²) in [6.07, 6.45) is 2.74. The lowest BCUT2D eigenvalue weighted by Crippen LogP contribution is -2.37. The number of carbonyl (C=O) groups excluding carboxylic acids is 3. The largest absolute Gasteiger partial charge is 0.350 e. The van der Waals surface area contributed by atoms with Crippen molar-refractivity contribution in [2.24, 2.45) is 0 Å². The molecule has 19 heavy (non-hydrogen) atoms. The Labute approximate surface area is 110 Å². The van der Waals surface area contributed by atoms with Gasteiger partial charge in [0.15, 0.2) is 5.78 Å². The van der Waals surface area contributed by atoms with Gasteiger partial charge in [-0.3, -0.25) is 14.4 Å². The van der Waals surface area contributed by atoms with Gasteiger partial charge in [0.2, 0.25) is 5.91 Å². The van der Waals surface area contributed by atoms with Gasteiger partial charge in [0.25, 0.3) is 5.91 Å². The van der Waals surface area contributed by atoms with E-state index in [1.54, 1.807) is 24.3 Å². The number of carbonyl (C=O) groups is 3. The van der Waals surface area contributed by atoms with Crippen LogP contribution in [0.25, 0.3) is 0 Å². The molecule has 1 aliphatic heterocycles. The summed E-state index contributed by atoms with van der Waals surface area (Å²) in [6.45, 7) is 0.708. The van der Waals surface area contributed by atoms with Crippen molar-refractivity contribution in [3.63, 3.8) is 0 Å². The zero-order chi connectivity index (χ0) is 13.7. The summed E-state index contributed by atoms with van der Waals surface area (Å²) in [7, 11) is 0. The first-order chi connectivity index (χ1) is 9.16. The van der Waals surface area contributed by atoms with Crippen molar-refractivity contribution in [3.8, 4) is 0 Å². The summed E-state index contributed by atoms with van der Waals surface area (Å²) in [4.78, 5) is 35.6. The van der Waals surface area contributed by atoms with Crippen LogP contribution in [0.5, 0.6) is 0 Å². The van der Waals surface area contributed by atoms with Crippen LogP contribution < -0.4 is 5.32 Å². The van der Waals surface area contributed by atoms with E-state index in [2.05, 4.69) is 5.32 Å². The smallest absolute Gasteiger partial charge is 0.251 e. The predicted octanol–water partition coefficient (Wildman–Crippen LogP) is 0.731. The van der Waals surface area contributed by atoms with Crippen LogP contribution in [0, 0.1) is 0 Å². The fourth-order valence-electron chi connectivity index (χ4n) is 1.75. The minimum Gasteiger partial charge on any atom is -0.350 e. The number of amides is 2. The molecule has 5 heteroatoms. The molecule has 0 atom stereocenters. The van der Waals surface area contributed by atoms with Crippen LogP contribution in [0.3, 0.4) is 0 Å². The molecular formula is C14H14N2O3. The van der Waals surface area contributed by atoms with E-state index in [4.69, 9.17) is 0 Å². The van der Waals surface area contributed by atoms with Crippen molar-refractivity contribution < 1.29 is 14.4 Å². The number of rotatable bonds is 4. The Morgan fingerprint density at radius 3 is 2.63 bits per heavy atom. The molecule has 0 saturated heterocycles. The zero-order valence-corrected chi connectivity index (χ0v) is 10.3. The average molecular weight is 258 g/mol. The highest BCUT2D eigenvalue weighted by atomic mass is 16.2. The second-order valence-electron chi connectivity index (χ2n) is 4.17. The maximum Gasteiger partial charge on any atom is 0.251 e. The highest BCUT2D eigenvalue weighted by Crippen LogP contribution is 2.04. The Bertz CT molecular complexity index is 523. The molecule has 0 saturated carbocycles. The second-order valence-corrected chi connectivity index (χ2v) is 4.17. The number of hydrogen-bond acceptors (Lipinski definition) is 3. The van der Waals surface area contributed by atoms with Gasteiger partial charge in [-0.1, -0.05) is 18.2 Å². The SMILES string of the molecule is O=C1C=CN(CCNC(=O)c2ccccc2)C(=O)C1. The molecule has 1 aromatic rings. The van der Waals surface area contributed by atoms with Gasteiger partial charge in [-0.05, 0) is 18.2 Å². The van der Waals surface area contributed by atoms with Crippen molar-refractivity contribution in [1.82, 2.24) is 10.2 Å². The normalized spacial score (nSPS) is 14.6. The van der Waals surface area contributed by atoms with Crippen LogP contribution in [-0.2, 0) is 9.59 Å². The van der Waals surface area contributed by atoms with Crippen LogP contribution in [0.2, 0.25) is 0 Å². The van der Waals surface area contributed by atoms with E-state index >= 15 is 0 Å². The molecule has 1 N–H and O–H groups in total. The Morgan fingerprint density at radius 2 is 1.95 bits per heavy atom. The van der Waals surface area contributed by atoms with E-state index in [1.807, 2.05) is 6.07 Å². The summed E-state index contributed by atoms with van der Waals surface area (Å²) in [5.41, 5.74) is 0.582. The van der Waals surface area contributed by atoms with Crippen LogP contribution in [0.4, 0.5) is 0 Å². The average Bonchev–Trinajstić information content (AvgIpc) is 2.42. The number of hydrogen-bond donors (Lipinski definition) is 1. The lowest BCUT2D eigenvalue weighted by Gasteiger charge is -2.20. The Balaban J connectivity index is 1.81. The van der Waals surface area contributed by atoms with Crippen LogP contribution in [0.1, 0.15) is 16.8 Å². The number of benzene rings is 1. The standard InChI is InChI=1S/C14H14N2O3/c17-12-6-8-16(13(18)10-12)9-7-15-14(19)11-4-2-1-3-5-11/h1-6,8H,7,9-10H2,(H,15,19). The van der Waals surface area contributed by atoms with Gasteiger partial charge in [0, 0.05) is 24.9 Å². The lowest BCUT2D eigenvalue weighted by atomic mass is 10.2. The second kappa shape index (κ2) is 5.95. The molecule has 2 rings (SSSR count). The minimum absolute atomic E-state index is 0.0941. The third kappa shape index (κ3) is 3.51. The highest BCUT2D eigenvalue weighted by molar-refractivity contribution is 6.06. The van der Waals surface area contributed by atoms with E-state index in [1.165, 1.54) is 17.2 Å². The zero-order valence-electron chi connectivity index (χ0n) is 10.3. The Kier molecular flexibility index (Phi) is 4.07. The minimum atomic E-state index is -0.235. The quantitative estimate of drug-likeness (QED) is 0.810. The molecule has 1 heterocycles. The summed E-state index contributed by atoms with van der Waals surface area (Å²) >= 11 is 0. The molecule has 0 radical (unpaired) electrons. The topological polar surface area (TPSA) is 66.5 Å². The number of nitrogens with zero attached hydrogens (tertiary/aromatic N) is 1. The molecule has 98 valence electrons. The summed E-state index contributed by atoms with van der Waals surface area (Å²) in [6, 6.07) is 8.86. The van der Waals surface area contributed by atoms with Crippen molar-refractivity contribution in [3.05, 3.63) is 48.2 Å². The Morgan fingerprint density at radius 1 is 1.21 bits per heavy atom. The first-order valence-electron chi connectivity index (χ1n) is 6.00. The summed E-state index contributed by atoms with van der Waals surface area (Å²) in [5.74, 6) is -0.596. The van der Waals surface area contributed by atoms with E-state index in [0.29, 0.717) is 18.7 Å². The molecule has 1 aromatic carbocycles. The maximum atomic E-state index is 11.7. The molecule has 0 unspecified atom stereocenters. The fraction of sp³-hybridized carbons (Fsp3) is 0.214. The molecular weight excluding hydrogens is 244 g/mol. The van der Waals surface area contributed by atoms with Gasteiger partial charge in [-0.25, -0.2) is 0 Å². The first kappa shape index (κ1) is 13.0.